The lowest BCUT2D eigenvalue weighted by molar-refractivity contribution is 0.0764. The lowest BCUT2D eigenvalue weighted by atomic mass is 10.1. The van der Waals surface area contributed by atoms with E-state index in [-0.39, 0.29) is 5.91 Å². The van der Waals surface area contributed by atoms with Crippen LogP contribution in [0.2, 0.25) is 0 Å². The van der Waals surface area contributed by atoms with Crippen LogP contribution in [-0.2, 0) is 6.54 Å². The average molecular weight is 364 g/mol. The van der Waals surface area contributed by atoms with Gasteiger partial charge in [0.05, 0.1) is 0 Å². The van der Waals surface area contributed by atoms with Gasteiger partial charge in [0, 0.05) is 36.3 Å². The van der Waals surface area contributed by atoms with Gasteiger partial charge in [0.15, 0.2) is 0 Å². The fourth-order valence-electron chi connectivity index (χ4n) is 2.86. The number of amides is 1. The van der Waals surface area contributed by atoms with Crippen molar-refractivity contribution in [2.45, 2.75) is 26.8 Å². The second-order valence-corrected chi connectivity index (χ2v) is 6.29. The fraction of sp³-hybridized carbons (Fsp3) is 0.286. The number of carbonyl (C=O) groups is 1. The van der Waals surface area contributed by atoms with Crippen molar-refractivity contribution in [3.8, 4) is 22.8 Å². The summed E-state index contributed by atoms with van der Waals surface area (Å²) in [6, 6.07) is 15.0. The first kappa shape index (κ1) is 18.8. The topological polar surface area (TPSA) is 85.2 Å². The Morgan fingerprint density at radius 2 is 1.70 bits per heavy atom. The molecule has 3 rings (SSSR count). The van der Waals surface area contributed by atoms with Gasteiger partial charge in [-0.25, -0.2) is 0 Å². The van der Waals surface area contributed by atoms with Gasteiger partial charge in [-0.15, -0.1) is 0 Å². The molecule has 0 saturated carbocycles. The Labute approximate surface area is 159 Å². The van der Waals surface area contributed by atoms with E-state index in [1.807, 2.05) is 48.2 Å². The summed E-state index contributed by atoms with van der Waals surface area (Å²) in [6.07, 6.45) is 0.939. The molecule has 0 saturated heterocycles. The quantitative estimate of drug-likeness (QED) is 0.690. The van der Waals surface area contributed by atoms with Crippen LogP contribution in [0.15, 0.2) is 53.1 Å². The lowest BCUT2D eigenvalue weighted by Gasteiger charge is -2.20. The SMILES string of the molecule is CCCN(CC)C(=O)c1ccc(-c2nc(-c3ccc(CN)cc3)no2)cc1. The molecular formula is C21H24N4O2. The number of nitrogens with two attached hydrogens (primary N) is 1. The Hall–Kier alpha value is -2.99. The van der Waals surface area contributed by atoms with Crippen molar-refractivity contribution in [2.75, 3.05) is 13.1 Å². The van der Waals surface area contributed by atoms with Crippen LogP contribution < -0.4 is 5.73 Å². The Balaban J connectivity index is 1.77. The minimum absolute atomic E-state index is 0.0390. The fourth-order valence-corrected chi connectivity index (χ4v) is 2.86. The number of benzene rings is 2. The van der Waals surface area contributed by atoms with Crippen molar-refractivity contribution in [3.63, 3.8) is 0 Å². The first-order chi connectivity index (χ1) is 13.2. The molecule has 0 aliphatic carbocycles. The van der Waals surface area contributed by atoms with E-state index in [1.54, 1.807) is 12.1 Å². The molecule has 3 aromatic rings. The molecule has 0 radical (unpaired) electrons. The van der Waals surface area contributed by atoms with E-state index in [0.717, 1.165) is 29.7 Å². The molecule has 0 aliphatic heterocycles. The molecule has 0 unspecified atom stereocenters. The maximum atomic E-state index is 12.5. The molecule has 6 heteroatoms. The first-order valence-electron chi connectivity index (χ1n) is 9.19. The summed E-state index contributed by atoms with van der Waals surface area (Å²) in [5.74, 6) is 0.985. The Bertz CT molecular complexity index is 885. The molecule has 0 spiro atoms. The smallest absolute Gasteiger partial charge is 0.258 e. The zero-order valence-electron chi connectivity index (χ0n) is 15.7. The van der Waals surface area contributed by atoms with Crippen molar-refractivity contribution in [2.24, 2.45) is 5.73 Å². The molecule has 27 heavy (non-hydrogen) atoms. The van der Waals surface area contributed by atoms with Gasteiger partial charge in [0.1, 0.15) is 0 Å². The Morgan fingerprint density at radius 3 is 2.30 bits per heavy atom. The highest BCUT2D eigenvalue weighted by Crippen LogP contribution is 2.23. The third-order valence-corrected chi connectivity index (χ3v) is 4.42. The summed E-state index contributed by atoms with van der Waals surface area (Å²) in [5.41, 5.74) is 8.97. The number of hydrogen-bond acceptors (Lipinski definition) is 5. The molecular weight excluding hydrogens is 340 g/mol. The number of rotatable bonds is 7. The molecule has 140 valence electrons. The van der Waals surface area contributed by atoms with E-state index < -0.39 is 0 Å². The van der Waals surface area contributed by atoms with Crippen molar-refractivity contribution < 1.29 is 9.32 Å². The van der Waals surface area contributed by atoms with Crippen molar-refractivity contribution in [1.82, 2.24) is 15.0 Å². The average Bonchev–Trinajstić information content (AvgIpc) is 3.22. The molecule has 6 nitrogen and oxygen atoms in total. The van der Waals surface area contributed by atoms with Gasteiger partial charge >= 0.3 is 0 Å². The predicted molar refractivity (Wildman–Crippen MR) is 105 cm³/mol. The number of hydrogen-bond donors (Lipinski definition) is 1. The van der Waals surface area contributed by atoms with Crippen LogP contribution in [0.5, 0.6) is 0 Å². The van der Waals surface area contributed by atoms with Gasteiger partial charge in [0.2, 0.25) is 5.82 Å². The van der Waals surface area contributed by atoms with Gasteiger partial charge in [-0.2, -0.15) is 4.98 Å². The van der Waals surface area contributed by atoms with Crippen LogP contribution >= 0.6 is 0 Å². The van der Waals surface area contributed by atoms with E-state index in [1.165, 1.54) is 0 Å². The molecule has 1 aromatic heterocycles. The highest BCUT2D eigenvalue weighted by Gasteiger charge is 2.15. The summed E-state index contributed by atoms with van der Waals surface area (Å²) >= 11 is 0. The maximum Gasteiger partial charge on any atom is 0.258 e. The van der Waals surface area contributed by atoms with Crippen LogP contribution in [0.1, 0.15) is 36.2 Å². The van der Waals surface area contributed by atoms with Crippen LogP contribution in [-0.4, -0.2) is 34.0 Å². The highest BCUT2D eigenvalue weighted by molar-refractivity contribution is 5.94. The predicted octanol–water partition coefficient (Wildman–Crippen LogP) is 3.73. The second-order valence-electron chi connectivity index (χ2n) is 6.29. The van der Waals surface area contributed by atoms with Crippen molar-refractivity contribution in [1.29, 1.82) is 0 Å². The summed E-state index contributed by atoms with van der Waals surface area (Å²) in [7, 11) is 0. The molecule has 1 heterocycles. The molecule has 0 atom stereocenters. The molecule has 2 aromatic carbocycles. The van der Waals surface area contributed by atoms with Gasteiger partial charge in [-0.3, -0.25) is 4.79 Å². The highest BCUT2D eigenvalue weighted by atomic mass is 16.5. The van der Waals surface area contributed by atoms with Crippen LogP contribution in [0.3, 0.4) is 0 Å². The van der Waals surface area contributed by atoms with Crippen molar-refractivity contribution in [3.05, 3.63) is 59.7 Å². The third-order valence-electron chi connectivity index (χ3n) is 4.42. The van der Waals surface area contributed by atoms with E-state index in [9.17, 15) is 4.79 Å². The van der Waals surface area contributed by atoms with Crippen molar-refractivity contribution >= 4 is 5.91 Å². The summed E-state index contributed by atoms with van der Waals surface area (Å²) in [4.78, 5) is 18.8. The lowest BCUT2D eigenvalue weighted by Crippen LogP contribution is -2.31. The first-order valence-corrected chi connectivity index (χ1v) is 9.19. The number of nitrogens with zero attached hydrogens (tertiary/aromatic N) is 3. The maximum absolute atomic E-state index is 12.5. The molecule has 1 amide bonds. The summed E-state index contributed by atoms with van der Waals surface area (Å²) in [6.45, 7) is 6.01. The van der Waals surface area contributed by atoms with Gasteiger partial charge < -0.3 is 15.2 Å². The van der Waals surface area contributed by atoms with E-state index in [0.29, 0.717) is 30.4 Å². The van der Waals surface area contributed by atoms with Crippen LogP contribution in [0, 0.1) is 0 Å². The van der Waals surface area contributed by atoms with Gasteiger partial charge in [-0.05, 0) is 43.2 Å². The minimum Gasteiger partial charge on any atom is -0.339 e. The largest absolute Gasteiger partial charge is 0.339 e. The van der Waals surface area contributed by atoms with Gasteiger partial charge in [0.25, 0.3) is 11.8 Å². The standard InChI is InChI=1S/C21H24N4O2/c1-3-13-25(4-2)21(26)18-11-9-17(10-12-18)20-23-19(24-27-20)16-7-5-15(14-22)6-8-16/h5-12H,3-4,13-14,22H2,1-2H3. The second kappa shape index (κ2) is 8.60. The monoisotopic (exact) mass is 364 g/mol. The molecule has 0 fully saturated rings. The number of aromatic nitrogens is 2. The zero-order valence-corrected chi connectivity index (χ0v) is 15.7. The van der Waals surface area contributed by atoms with E-state index in [2.05, 4.69) is 17.1 Å². The van der Waals surface area contributed by atoms with Crippen LogP contribution in [0.25, 0.3) is 22.8 Å². The minimum atomic E-state index is 0.0390. The van der Waals surface area contributed by atoms with E-state index >= 15 is 0 Å². The summed E-state index contributed by atoms with van der Waals surface area (Å²) in [5, 5.41) is 4.05. The van der Waals surface area contributed by atoms with E-state index in [4.69, 9.17) is 10.3 Å². The third kappa shape index (κ3) is 4.23. The molecule has 2 N–H and O–H groups in total. The summed E-state index contributed by atoms with van der Waals surface area (Å²) < 4.78 is 5.39. The van der Waals surface area contributed by atoms with Crippen LogP contribution in [0.4, 0.5) is 0 Å². The Morgan fingerprint density at radius 1 is 1.04 bits per heavy atom. The molecule has 0 aliphatic rings. The van der Waals surface area contributed by atoms with Gasteiger partial charge in [-0.1, -0.05) is 36.3 Å². The number of carbonyl (C=O) groups excluding carboxylic acids is 1. The normalized spacial score (nSPS) is 10.8. The molecule has 0 bridgehead atoms. The zero-order chi connectivity index (χ0) is 19.2. The Kier molecular flexibility index (Phi) is 5.98.